The maximum absolute atomic E-state index is 10.8. The Morgan fingerprint density at radius 1 is 1.60 bits per heavy atom. The number of halogens is 1. The van der Waals surface area contributed by atoms with Gasteiger partial charge in [-0.2, -0.15) is 12.6 Å². The van der Waals surface area contributed by atoms with Crippen molar-refractivity contribution in [3.05, 3.63) is 28.5 Å². The van der Waals surface area contributed by atoms with Crippen molar-refractivity contribution in [1.82, 2.24) is 4.98 Å². The number of pyridine rings is 1. The number of carboxylic acid groups (broad SMARTS) is 1. The molecule has 0 spiro atoms. The highest BCUT2D eigenvalue weighted by molar-refractivity contribution is 7.80. The van der Waals surface area contributed by atoms with Crippen molar-refractivity contribution in [3.8, 4) is 11.8 Å². The molecule has 0 aliphatic carbocycles. The quantitative estimate of drug-likeness (QED) is 0.474. The molecule has 0 amide bonds. The fraction of sp³-hybridized carbons (Fsp3) is 0.200. The molecule has 78 valence electrons. The molecule has 0 saturated heterocycles. The first-order valence-electron chi connectivity index (χ1n) is 4.14. The molecule has 1 N–H and O–H groups in total. The van der Waals surface area contributed by atoms with Crippen LogP contribution in [0, 0.1) is 11.8 Å². The molecular weight excluding hydrogens is 234 g/mol. The van der Waals surface area contributed by atoms with Crippen molar-refractivity contribution >= 4 is 30.2 Å². The summed E-state index contributed by atoms with van der Waals surface area (Å²) in [5.74, 6) is 5.02. The minimum atomic E-state index is -1.13. The Bertz CT molecular complexity index is 437. The summed E-state index contributed by atoms with van der Waals surface area (Å²) < 4.78 is 0. The molecule has 0 bridgehead atoms. The summed E-state index contributed by atoms with van der Waals surface area (Å²) in [5.41, 5.74) is 0.253. The highest BCUT2D eigenvalue weighted by Gasteiger charge is 2.10. The van der Waals surface area contributed by atoms with Crippen molar-refractivity contribution in [2.75, 3.05) is 5.75 Å². The van der Waals surface area contributed by atoms with Crippen LogP contribution in [-0.2, 0) is 0 Å². The first kappa shape index (κ1) is 11.9. The number of rotatable bonds is 2. The third kappa shape index (κ3) is 3.46. The van der Waals surface area contributed by atoms with Crippen molar-refractivity contribution in [1.29, 1.82) is 0 Å². The van der Waals surface area contributed by atoms with Gasteiger partial charge in [0.25, 0.3) is 0 Å². The summed E-state index contributed by atoms with van der Waals surface area (Å²) in [5, 5.41) is 8.99. The molecule has 1 rings (SSSR count). The summed E-state index contributed by atoms with van der Waals surface area (Å²) in [7, 11) is 0. The van der Waals surface area contributed by atoms with Gasteiger partial charge >= 0.3 is 5.97 Å². The molecule has 0 aromatic carbocycles. The fourth-order valence-corrected chi connectivity index (χ4v) is 1.17. The van der Waals surface area contributed by atoms with E-state index in [9.17, 15) is 4.79 Å². The van der Waals surface area contributed by atoms with Crippen LogP contribution in [0.1, 0.15) is 22.5 Å². The Morgan fingerprint density at radius 3 is 2.93 bits per heavy atom. The molecule has 0 saturated carbocycles. The lowest BCUT2D eigenvalue weighted by Crippen LogP contribution is -2.03. The second-order valence-corrected chi connectivity index (χ2v) is 3.45. The lowest BCUT2D eigenvalue weighted by molar-refractivity contribution is 0.0690. The van der Waals surface area contributed by atoms with Gasteiger partial charge in [-0.05, 0) is 12.1 Å². The molecule has 1 aromatic heterocycles. The number of aromatic nitrogens is 1. The number of hydrogen-bond acceptors (Lipinski definition) is 3. The molecule has 0 aliphatic rings. The van der Waals surface area contributed by atoms with E-state index in [-0.39, 0.29) is 10.8 Å². The molecule has 3 nitrogen and oxygen atoms in total. The Hall–Kier alpha value is -1.18. The van der Waals surface area contributed by atoms with E-state index in [1.807, 2.05) is 0 Å². The molecule has 0 radical (unpaired) electrons. The summed E-state index contributed by atoms with van der Waals surface area (Å²) in [6.45, 7) is 0. The van der Waals surface area contributed by atoms with Gasteiger partial charge in [-0.3, -0.25) is 0 Å². The molecule has 0 fully saturated rings. The lowest BCUT2D eigenvalue weighted by Gasteiger charge is -1.98. The number of carbonyl (C=O) groups is 1. The number of aromatic carboxylic acids is 1. The van der Waals surface area contributed by atoms with Crippen molar-refractivity contribution in [2.24, 2.45) is 0 Å². The summed E-state index contributed by atoms with van der Waals surface area (Å²) >= 11 is 9.58. The number of nitrogens with zero attached hydrogens (tertiary/aromatic N) is 1. The van der Waals surface area contributed by atoms with Crippen LogP contribution in [0.2, 0.25) is 5.15 Å². The first-order valence-corrected chi connectivity index (χ1v) is 5.15. The van der Waals surface area contributed by atoms with Gasteiger partial charge in [-0.1, -0.05) is 23.4 Å². The van der Waals surface area contributed by atoms with Gasteiger partial charge < -0.3 is 5.11 Å². The van der Waals surface area contributed by atoms with Gasteiger partial charge in [-0.25, -0.2) is 9.78 Å². The highest BCUT2D eigenvalue weighted by atomic mass is 35.5. The predicted octanol–water partition coefficient (Wildman–Crippen LogP) is 2.10. The van der Waals surface area contributed by atoms with E-state index in [0.717, 1.165) is 0 Å². The minimum Gasteiger partial charge on any atom is -0.476 e. The van der Waals surface area contributed by atoms with Crippen LogP contribution in [0.5, 0.6) is 0 Å². The topological polar surface area (TPSA) is 50.2 Å². The average molecular weight is 242 g/mol. The number of thiol groups is 1. The van der Waals surface area contributed by atoms with Crippen LogP contribution >= 0.6 is 24.2 Å². The van der Waals surface area contributed by atoms with Gasteiger partial charge in [0.15, 0.2) is 5.69 Å². The Balaban J connectivity index is 3.08. The molecule has 0 aliphatic heterocycles. The van der Waals surface area contributed by atoms with Gasteiger partial charge in [0.1, 0.15) is 5.15 Å². The smallest absolute Gasteiger partial charge is 0.355 e. The van der Waals surface area contributed by atoms with E-state index in [1.54, 1.807) is 6.07 Å². The van der Waals surface area contributed by atoms with Gasteiger partial charge in [0.05, 0.1) is 5.56 Å². The zero-order chi connectivity index (χ0) is 11.3. The second kappa shape index (κ2) is 5.64. The Morgan fingerprint density at radius 2 is 2.33 bits per heavy atom. The molecule has 1 aromatic rings. The third-order valence-corrected chi connectivity index (χ3v) is 1.96. The van der Waals surface area contributed by atoms with E-state index >= 15 is 0 Å². The second-order valence-electron chi connectivity index (χ2n) is 2.61. The maximum Gasteiger partial charge on any atom is 0.355 e. The van der Waals surface area contributed by atoms with Crippen molar-refractivity contribution in [2.45, 2.75) is 6.42 Å². The van der Waals surface area contributed by atoms with Crippen LogP contribution in [-0.4, -0.2) is 21.8 Å². The van der Waals surface area contributed by atoms with E-state index in [0.29, 0.717) is 17.7 Å². The standard InChI is InChI=1S/C10H8ClNO2S/c11-8-5-4-7(3-1-2-6-15)9(12-8)10(13)14/h4-5,15H,2,6H2,(H,13,14). The van der Waals surface area contributed by atoms with Crippen LogP contribution in [0.4, 0.5) is 0 Å². The number of carboxylic acids is 1. The monoisotopic (exact) mass is 241 g/mol. The molecular formula is C10H8ClNO2S. The Kier molecular flexibility index (Phi) is 4.47. The maximum atomic E-state index is 10.8. The molecule has 0 unspecified atom stereocenters. The van der Waals surface area contributed by atoms with Crippen molar-refractivity contribution < 1.29 is 9.90 Å². The van der Waals surface area contributed by atoms with E-state index < -0.39 is 5.97 Å². The fourth-order valence-electron chi connectivity index (χ4n) is 0.913. The van der Waals surface area contributed by atoms with E-state index in [2.05, 4.69) is 29.5 Å². The first-order chi connectivity index (χ1) is 7.15. The zero-order valence-corrected chi connectivity index (χ0v) is 9.35. The molecule has 15 heavy (non-hydrogen) atoms. The van der Waals surface area contributed by atoms with E-state index in [1.165, 1.54) is 6.07 Å². The highest BCUT2D eigenvalue weighted by Crippen LogP contribution is 2.10. The SMILES string of the molecule is O=C(O)c1nc(Cl)ccc1C#CCCS. The third-order valence-electron chi connectivity index (χ3n) is 1.52. The lowest BCUT2D eigenvalue weighted by atomic mass is 10.2. The van der Waals surface area contributed by atoms with Gasteiger partial charge in [-0.15, -0.1) is 0 Å². The molecule has 5 heteroatoms. The molecule has 1 heterocycles. The number of hydrogen-bond donors (Lipinski definition) is 2. The normalized spacial score (nSPS) is 9.20. The largest absolute Gasteiger partial charge is 0.476 e. The van der Waals surface area contributed by atoms with Crippen LogP contribution < -0.4 is 0 Å². The zero-order valence-electron chi connectivity index (χ0n) is 7.70. The summed E-state index contributed by atoms with van der Waals surface area (Å²) in [4.78, 5) is 14.5. The predicted molar refractivity (Wildman–Crippen MR) is 61.6 cm³/mol. The van der Waals surface area contributed by atoms with E-state index in [4.69, 9.17) is 16.7 Å². The van der Waals surface area contributed by atoms with Gasteiger partial charge in [0, 0.05) is 12.2 Å². The van der Waals surface area contributed by atoms with Gasteiger partial charge in [0.2, 0.25) is 0 Å². The summed E-state index contributed by atoms with van der Waals surface area (Å²) in [6.07, 6.45) is 0.602. The van der Waals surface area contributed by atoms with Crippen LogP contribution in [0.3, 0.4) is 0 Å². The van der Waals surface area contributed by atoms with Crippen LogP contribution in [0.25, 0.3) is 0 Å². The van der Waals surface area contributed by atoms with Crippen LogP contribution in [0.15, 0.2) is 12.1 Å². The summed E-state index contributed by atoms with van der Waals surface area (Å²) in [6, 6.07) is 3.06. The average Bonchev–Trinajstić information content (AvgIpc) is 2.20. The van der Waals surface area contributed by atoms with Crippen molar-refractivity contribution in [3.63, 3.8) is 0 Å². The molecule has 0 atom stereocenters. The minimum absolute atomic E-state index is 0.117. The Labute approximate surface area is 97.9 Å².